The molecule has 3 amide bonds. The van der Waals surface area contributed by atoms with Crippen LogP contribution in [-0.2, 0) is 14.4 Å². The number of carbonyl (C=O) groups is 3. The van der Waals surface area contributed by atoms with Gasteiger partial charge in [0.15, 0.2) is 0 Å². The van der Waals surface area contributed by atoms with Crippen LogP contribution in [0.3, 0.4) is 0 Å². The van der Waals surface area contributed by atoms with Crippen LogP contribution in [-0.4, -0.2) is 37.4 Å². The molecular formula is C19H25N3O3. The van der Waals surface area contributed by atoms with Crippen LogP contribution in [0.1, 0.15) is 32.3 Å². The number of nitrogens with one attached hydrogen (secondary N) is 2. The Balaban J connectivity index is 1.76. The molecule has 1 aromatic carbocycles. The van der Waals surface area contributed by atoms with Crippen LogP contribution >= 0.6 is 0 Å². The maximum atomic E-state index is 11.8. The highest BCUT2D eigenvalue weighted by Crippen LogP contribution is 2.21. The summed E-state index contributed by atoms with van der Waals surface area (Å²) in [5.74, 6) is -0.138. The molecule has 0 aromatic heterocycles. The highest BCUT2D eigenvalue weighted by atomic mass is 16.2. The molecule has 1 heterocycles. The third-order valence-electron chi connectivity index (χ3n) is 3.95. The number of benzene rings is 1. The van der Waals surface area contributed by atoms with Gasteiger partial charge in [0.2, 0.25) is 17.7 Å². The van der Waals surface area contributed by atoms with Gasteiger partial charge in [-0.2, -0.15) is 0 Å². The van der Waals surface area contributed by atoms with Crippen molar-refractivity contribution in [2.24, 2.45) is 5.92 Å². The number of hydrogen-bond acceptors (Lipinski definition) is 3. The van der Waals surface area contributed by atoms with E-state index in [0.29, 0.717) is 19.5 Å². The first-order valence-corrected chi connectivity index (χ1v) is 8.61. The molecule has 2 N–H and O–H groups in total. The minimum atomic E-state index is -0.211. The van der Waals surface area contributed by atoms with Crippen molar-refractivity contribution >= 4 is 29.5 Å². The molecule has 2 rings (SSSR count). The zero-order valence-corrected chi connectivity index (χ0v) is 14.7. The third kappa shape index (κ3) is 5.74. The lowest BCUT2D eigenvalue weighted by atomic mass is 10.2. The van der Waals surface area contributed by atoms with Crippen LogP contribution in [0.15, 0.2) is 30.3 Å². The Hall–Kier alpha value is -2.63. The van der Waals surface area contributed by atoms with E-state index in [9.17, 15) is 14.4 Å². The molecule has 6 heteroatoms. The molecule has 1 saturated heterocycles. The summed E-state index contributed by atoms with van der Waals surface area (Å²) in [6.45, 7) is 5.21. The smallest absolute Gasteiger partial charge is 0.244 e. The summed E-state index contributed by atoms with van der Waals surface area (Å²) >= 11 is 0. The van der Waals surface area contributed by atoms with E-state index in [4.69, 9.17) is 0 Å². The van der Waals surface area contributed by atoms with Crippen molar-refractivity contribution in [1.29, 1.82) is 0 Å². The van der Waals surface area contributed by atoms with Crippen LogP contribution in [0, 0.1) is 5.92 Å². The second kappa shape index (κ2) is 9.01. The minimum Gasteiger partial charge on any atom is -0.354 e. The summed E-state index contributed by atoms with van der Waals surface area (Å²) < 4.78 is 0. The molecule has 1 fully saturated rings. The van der Waals surface area contributed by atoms with Gasteiger partial charge in [0.25, 0.3) is 0 Å². The van der Waals surface area contributed by atoms with Crippen molar-refractivity contribution in [1.82, 2.24) is 10.6 Å². The lowest BCUT2D eigenvalue weighted by molar-refractivity contribution is -0.124. The van der Waals surface area contributed by atoms with Gasteiger partial charge in [0.1, 0.15) is 0 Å². The monoisotopic (exact) mass is 343 g/mol. The molecule has 0 bridgehead atoms. The highest BCUT2D eigenvalue weighted by Gasteiger charge is 2.21. The third-order valence-corrected chi connectivity index (χ3v) is 3.95. The first-order valence-electron chi connectivity index (χ1n) is 8.61. The molecule has 1 aliphatic heterocycles. The lowest BCUT2D eigenvalue weighted by Crippen LogP contribution is -2.35. The zero-order valence-electron chi connectivity index (χ0n) is 14.7. The summed E-state index contributed by atoms with van der Waals surface area (Å²) in [5, 5.41) is 5.45. The van der Waals surface area contributed by atoms with E-state index in [1.165, 1.54) is 6.08 Å². The molecule has 134 valence electrons. The molecule has 1 aliphatic rings. The van der Waals surface area contributed by atoms with Crippen molar-refractivity contribution < 1.29 is 14.4 Å². The Morgan fingerprint density at radius 3 is 2.44 bits per heavy atom. The van der Waals surface area contributed by atoms with Crippen molar-refractivity contribution in [3.8, 4) is 0 Å². The van der Waals surface area contributed by atoms with E-state index in [0.717, 1.165) is 24.2 Å². The molecule has 0 unspecified atom stereocenters. The summed E-state index contributed by atoms with van der Waals surface area (Å²) in [6.07, 6.45) is 4.69. The molecule has 0 spiro atoms. The molecule has 25 heavy (non-hydrogen) atoms. The van der Waals surface area contributed by atoms with Gasteiger partial charge in [-0.1, -0.05) is 26.0 Å². The Labute approximate surface area is 148 Å². The number of carbonyl (C=O) groups excluding carboxylic acids is 3. The van der Waals surface area contributed by atoms with Crippen LogP contribution in [0.4, 0.5) is 5.69 Å². The lowest BCUT2D eigenvalue weighted by Gasteiger charge is -2.15. The number of hydrogen-bond donors (Lipinski definition) is 2. The van der Waals surface area contributed by atoms with E-state index in [1.54, 1.807) is 11.0 Å². The second-order valence-corrected chi connectivity index (χ2v) is 6.31. The number of anilines is 1. The zero-order chi connectivity index (χ0) is 18.2. The van der Waals surface area contributed by atoms with E-state index >= 15 is 0 Å². The Kier molecular flexibility index (Phi) is 6.74. The molecule has 0 aliphatic carbocycles. The van der Waals surface area contributed by atoms with E-state index in [2.05, 4.69) is 10.6 Å². The summed E-state index contributed by atoms with van der Waals surface area (Å²) in [7, 11) is 0. The quantitative estimate of drug-likeness (QED) is 0.584. The SMILES string of the molecule is CC(C)C(=O)NCCNC(=O)/C=C\c1ccc(N2CCCC2=O)cc1. The van der Waals surface area contributed by atoms with Gasteiger partial charge < -0.3 is 15.5 Å². The van der Waals surface area contributed by atoms with E-state index < -0.39 is 0 Å². The molecular weight excluding hydrogens is 318 g/mol. The van der Waals surface area contributed by atoms with E-state index in [1.807, 2.05) is 38.1 Å². The fourth-order valence-electron chi connectivity index (χ4n) is 2.49. The average Bonchev–Trinajstić information content (AvgIpc) is 3.03. The Morgan fingerprint density at radius 1 is 1.16 bits per heavy atom. The van der Waals surface area contributed by atoms with Gasteiger partial charge in [-0.25, -0.2) is 0 Å². The van der Waals surface area contributed by atoms with Gasteiger partial charge >= 0.3 is 0 Å². The van der Waals surface area contributed by atoms with Gasteiger partial charge in [-0.05, 0) is 30.2 Å². The first-order chi connectivity index (χ1) is 12.0. The van der Waals surface area contributed by atoms with Crippen LogP contribution < -0.4 is 15.5 Å². The Morgan fingerprint density at radius 2 is 1.84 bits per heavy atom. The van der Waals surface area contributed by atoms with Gasteiger partial charge in [0, 0.05) is 43.7 Å². The number of nitrogens with zero attached hydrogens (tertiary/aromatic N) is 1. The van der Waals surface area contributed by atoms with Crippen molar-refractivity contribution in [2.75, 3.05) is 24.5 Å². The summed E-state index contributed by atoms with van der Waals surface area (Å²) in [4.78, 5) is 36.6. The maximum Gasteiger partial charge on any atom is 0.244 e. The second-order valence-electron chi connectivity index (χ2n) is 6.31. The summed E-state index contributed by atoms with van der Waals surface area (Å²) in [6, 6.07) is 7.55. The maximum absolute atomic E-state index is 11.8. The van der Waals surface area contributed by atoms with Crippen LogP contribution in [0.5, 0.6) is 0 Å². The number of rotatable bonds is 7. The normalized spacial score (nSPS) is 14.4. The standard InChI is InChI=1S/C19H25N3O3/c1-14(2)19(25)21-12-11-20-17(23)10-7-15-5-8-16(9-6-15)22-13-3-4-18(22)24/h5-10,14H,3-4,11-13H2,1-2H3,(H,20,23)(H,21,25)/b10-7-. The first kappa shape index (κ1) is 18.7. The molecule has 0 atom stereocenters. The molecule has 0 radical (unpaired) electrons. The van der Waals surface area contributed by atoms with E-state index in [-0.39, 0.29) is 23.6 Å². The molecule has 6 nitrogen and oxygen atoms in total. The molecule has 1 aromatic rings. The van der Waals surface area contributed by atoms with Crippen molar-refractivity contribution in [2.45, 2.75) is 26.7 Å². The predicted molar refractivity (Wildman–Crippen MR) is 97.9 cm³/mol. The highest BCUT2D eigenvalue weighted by molar-refractivity contribution is 5.95. The van der Waals surface area contributed by atoms with Crippen LogP contribution in [0.25, 0.3) is 6.08 Å². The van der Waals surface area contributed by atoms with Crippen molar-refractivity contribution in [3.63, 3.8) is 0 Å². The van der Waals surface area contributed by atoms with Crippen LogP contribution in [0.2, 0.25) is 0 Å². The summed E-state index contributed by atoms with van der Waals surface area (Å²) in [5.41, 5.74) is 1.78. The predicted octanol–water partition coefficient (Wildman–Crippen LogP) is 1.71. The van der Waals surface area contributed by atoms with Crippen molar-refractivity contribution in [3.05, 3.63) is 35.9 Å². The van der Waals surface area contributed by atoms with Gasteiger partial charge in [0.05, 0.1) is 0 Å². The number of amides is 3. The minimum absolute atomic E-state index is 0.0265. The fraction of sp³-hybridized carbons (Fsp3) is 0.421. The topological polar surface area (TPSA) is 78.5 Å². The molecule has 0 saturated carbocycles. The van der Waals surface area contributed by atoms with Gasteiger partial charge in [-0.3, -0.25) is 14.4 Å². The largest absolute Gasteiger partial charge is 0.354 e. The average molecular weight is 343 g/mol. The Bertz CT molecular complexity index is 650. The van der Waals surface area contributed by atoms with Gasteiger partial charge in [-0.15, -0.1) is 0 Å². The fourth-order valence-corrected chi connectivity index (χ4v) is 2.49.